The van der Waals surface area contributed by atoms with Gasteiger partial charge in [0, 0.05) is 18.8 Å². The quantitative estimate of drug-likeness (QED) is 0.298. The number of unbranched alkanes of at least 4 members (excludes halogenated alkanes) is 10. The molecule has 0 spiro atoms. The van der Waals surface area contributed by atoms with Gasteiger partial charge >= 0.3 is 12.0 Å². The summed E-state index contributed by atoms with van der Waals surface area (Å²) in [6, 6.07) is 7.64. The summed E-state index contributed by atoms with van der Waals surface area (Å²) in [6.07, 6.45) is 13.0. The molecule has 1 aromatic rings. The van der Waals surface area contributed by atoms with Crippen molar-refractivity contribution in [2.24, 2.45) is 0 Å². The Hall–Kier alpha value is -2.08. The number of aliphatic carboxylic acids is 1. The largest absolute Gasteiger partial charge is 0.480 e. The van der Waals surface area contributed by atoms with Crippen molar-refractivity contribution in [2.75, 3.05) is 25.1 Å². The molecule has 6 nitrogen and oxygen atoms in total. The fraction of sp³-hybridized carbons (Fsp3) is 0.652. The van der Waals surface area contributed by atoms with Gasteiger partial charge in [-0.3, -0.25) is 0 Å². The van der Waals surface area contributed by atoms with Crippen LogP contribution >= 0.6 is 0 Å². The Morgan fingerprint density at radius 1 is 0.828 bits per heavy atom. The molecule has 1 aromatic carbocycles. The van der Waals surface area contributed by atoms with Crippen LogP contribution in [0.4, 0.5) is 10.5 Å². The van der Waals surface area contributed by atoms with E-state index in [9.17, 15) is 9.59 Å². The zero-order chi connectivity index (χ0) is 21.2. The first-order valence-corrected chi connectivity index (χ1v) is 11.0. The number of hydrogen-bond donors (Lipinski definition) is 3. The summed E-state index contributed by atoms with van der Waals surface area (Å²) in [5.74, 6) is -0.898. The van der Waals surface area contributed by atoms with Crippen molar-refractivity contribution in [3.8, 4) is 0 Å². The van der Waals surface area contributed by atoms with Crippen LogP contribution in [0.2, 0.25) is 0 Å². The van der Waals surface area contributed by atoms with E-state index in [1.54, 1.807) is 0 Å². The van der Waals surface area contributed by atoms with Gasteiger partial charge < -0.3 is 20.5 Å². The molecular formula is C23H38N2O4. The Labute approximate surface area is 175 Å². The van der Waals surface area contributed by atoms with Crippen LogP contribution in [0, 0.1) is 6.92 Å². The molecule has 0 aliphatic rings. The summed E-state index contributed by atoms with van der Waals surface area (Å²) in [6.45, 7) is 3.11. The van der Waals surface area contributed by atoms with Gasteiger partial charge in [-0.1, -0.05) is 75.5 Å². The summed E-state index contributed by atoms with van der Waals surface area (Å²) in [5.41, 5.74) is 2.00. The number of anilines is 1. The molecular weight excluding hydrogens is 368 g/mol. The van der Waals surface area contributed by atoms with Crippen LogP contribution in [0.1, 0.15) is 76.2 Å². The number of carbonyl (C=O) groups excluding carboxylic acids is 1. The maximum Gasteiger partial charge on any atom is 0.329 e. The number of rotatable bonds is 17. The smallest absolute Gasteiger partial charge is 0.329 e. The Balaban J connectivity index is 1.79. The Bertz CT molecular complexity index is 561. The number of hydrogen-bond acceptors (Lipinski definition) is 3. The van der Waals surface area contributed by atoms with E-state index in [1.807, 2.05) is 31.2 Å². The third-order valence-electron chi connectivity index (χ3n) is 4.79. The van der Waals surface area contributed by atoms with Crippen molar-refractivity contribution in [1.29, 1.82) is 0 Å². The molecule has 0 atom stereocenters. The summed E-state index contributed by atoms with van der Waals surface area (Å²) in [7, 11) is 0. The minimum Gasteiger partial charge on any atom is -0.480 e. The van der Waals surface area contributed by atoms with Gasteiger partial charge in [-0.15, -0.1) is 0 Å². The third-order valence-corrected chi connectivity index (χ3v) is 4.79. The first-order valence-electron chi connectivity index (χ1n) is 11.0. The van der Waals surface area contributed by atoms with Gasteiger partial charge in [-0.2, -0.15) is 0 Å². The van der Waals surface area contributed by atoms with Crippen LogP contribution in [-0.2, 0) is 9.53 Å². The van der Waals surface area contributed by atoms with Crippen molar-refractivity contribution >= 4 is 17.7 Å². The van der Waals surface area contributed by atoms with E-state index < -0.39 is 5.97 Å². The first kappa shape index (κ1) is 25.0. The highest BCUT2D eigenvalue weighted by atomic mass is 16.5. The molecule has 0 fully saturated rings. The van der Waals surface area contributed by atoms with Crippen molar-refractivity contribution < 1.29 is 19.4 Å². The number of benzene rings is 1. The minimum atomic E-state index is -0.898. The molecule has 0 aliphatic heterocycles. The van der Waals surface area contributed by atoms with E-state index >= 15 is 0 Å². The molecule has 29 heavy (non-hydrogen) atoms. The zero-order valence-electron chi connectivity index (χ0n) is 17.9. The lowest BCUT2D eigenvalue weighted by Gasteiger charge is -2.08. The summed E-state index contributed by atoms with van der Waals surface area (Å²) in [4.78, 5) is 22.1. The molecule has 0 saturated carbocycles. The zero-order valence-corrected chi connectivity index (χ0v) is 17.9. The van der Waals surface area contributed by atoms with Gasteiger partial charge in [0.1, 0.15) is 6.61 Å². The Morgan fingerprint density at radius 3 is 1.90 bits per heavy atom. The summed E-state index contributed by atoms with van der Waals surface area (Å²) < 4.78 is 5.01. The van der Waals surface area contributed by atoms with Crippen LogP contribution in [0.15, 0.2) is 24.3 Å². The van der Waals surface area contributed by atoms with Gasteiger partial charge in [0.15, 0.2) is 0 Å². The average Bonchev–Trinajstić information content (AvgIpc) is 2.69. The lowest BCUT2D eigenvalue weighted by Crippen LogP contribution is -2.29. The normalized spacial score (nSPS) is 10.7. The van der Waals surface area contributed by atoms with Crippen LogP contribution in [0.3, 0.4) is 0 Å². The monoisotopic (exact) mass is 406 g/mol. The SMILES string of the molecule is Cc1ccc(NC(=O)NCCCCCCCCCCCCCOCC(=O)O)cc1. The molecule has 0 radical (unpaired) electrons. The van der Waals surface area contributed by atoms with Gasteiger partial charge in [0.05, 0.1) is 0 Å². The maximum atomic E-state index is 11.8. The molecule has 0 bridgehead atoms. The summed E-state index contributed by atoms with van der Waals surface area (Å²) in [5, 5.41) is 14.2. The number of ether oxygens (including phenoxy) is 1. The number of carboxylic acids is 1. The van der Waals surface area contributed by atoms with Crippen LogP contribution in [-0.4, -0.2) is 36.9 Å². The van der Waals surface area contributed by atoms with E-state index in [0.717, 1.165) is 31.4 Å². The van der Waals surface area contributed by atoms with Gasteiger partial charge in [-0.05, 0) is 31.9 Å². The molecule has 1 rings (SSSR count). The number of nitrogens with one attached hydrogen (secondary N) is 2. The fourth-order valence-electron chi connectivity index (χ4n) is 3.09. The highest BCUT2D eigenvalue weighted by molar-refractivity contribution is 5.89. The molecule has 0 heterocycles. The average molecular weight is 407 g/mol. The second-order valence-corrected chi connectivity index (χ2v) is 7.58. The molecule has 164 valence electrons. The number of urea groups is 1. The summed E-state index contributed by atoms with van der Waals surface area (Å²) >= 11 is 0. The Morgan fingerprint density at radius 2 is 1.34 bits per heavy atom. The van der Waals surface area contributed by atoms with E-state index in [0.29, 0.717) is 13.2 Å². The molecule has 0 saturated heterocycles. The molecule has 2 amide bonds. The Kier molecular flexibility index (Phi) is 14.5. The van der Waals surface area contributed by atoms with Crippen LogP contribution < -0.4 is 10.6 Å². The van der Waals surface area contributed by atoms with E-state index in [2.05, 4.69) is 10.6 Å². The minimum absolute atomic E-state index is 0.137. The standard InChI is InChI=1S/C23H38N2O4/c1-20-13-15-21(16-14-20)25-23(28)24-17-11-9-7-5-3-2-4-6-8-10-12-18-29-19-22(26)27/h13-16H,2-12,17-19H2,1H3,(H,26,27)(H2,24,25,28). The van der Waals surface area contributed by atoms with E-state index in [4.69, 9.17) is 9.84 Å². The predicted octanol–water partition coefficient (Wildman–Crippen LogP) is 5.51. The van der Waals surface area contributed by atoms with E-state index in [-0.39, 0.29) is 12.6 Å². The lowest BCUT2D eigenvalue weighted by atomic mass is 10.1. The maximum absolute atomic E-state index is 11.8. The fourth-order valence-corrected chi connectivity index (χ4v) is 3.09. The molecule has 3 N–H and O–H groups in total. The van der Waals surface area contributed by atoms with Crippen LogP contribution in [0.25, 0.3) is 0 Å². The van der Waals surface area contributed by atoms with Crippen molar-refractivity contribution in [2.45, 2.75) is 77.6 Å². The molecule has 0 unspecified atom stereocenters. The topological polar surface area (TPSA) is 87.7 Å². The predicted molar refractivity (Wildman–Crippen MR) is 117 cm³/mol. The second kappa shape index (κ2) is 16.8. The van der Waals surface area contributed by atoms with E-state index in [1.165, 1.54) is 50.5 Å². The number of aryl methyl sites for hydroxylation is 1. The first-order chi connectivity index (χ1) is 14.1. The molecule has 0 aromatic heterocycles. The second-order valence-electron chi connectivity index (χ2n) is 7.58. The van der Waals surface area contributed by atoms with Gasteiger partial charge in [-0.25, -0.2) is 9.59 Å². The van der Waals surface area contributed by atoms with Gasteiger partial charge in [0.25, 0.3) is 0 Å². The van der Waals surface area contributed by atoms with Crippen molar-refractivity contribution in [1.82, 2.24) is 5.32 Å². The highest BCUT2D eigenvalue weighted by Gasteiger charge is 2.00. The molecule has 6 heteroatoms. The third kappa shape index (κ3) is 15.5. The lowest BCUT2D eigenvalue weighted by molar-refractivity contribution is -0.142. The number of carbonyl (C=O) groups is 2. The molecule has 0 aliphatic carbocycles. The van der Waals surface area contributed by atoms with Crippen LogP contribution in [0.5, 0.6) is 0 Å². The highest BCUT2D eigenvalue weighted by Crippen LogP contribution is 2.11. The van der Waals surface area contributed by atoms with Crippen molar-refractivity contribution in [3.63, 3.8) is 0 Å². The van der Waals surface area contributed by atoms with Gasteiger partial charge in [0.2, 0.25) is 0 Å². The van der Waals surface area contributed by atoms with Crippen molar-refractivity contribution in [3.05, 3.63) is 29.8 Å². The number of carboxylic acid groups (broad SMARTS) is 1. The number of amides is 2.